The van der Waals surface area contributed by atoms with Gasteiger partial charge in [0.25, 0.3) is 0 Å². The van der Waals surface area contributed by atoms with E-state index in [0.29, 0.717) is 16.4 Å². The van der Waals surface area contributed by atoms with E-state index in [4.69, 9.17) is 0 Å². The van der Waals surface area contributed by atoms with Gasteiger partial charge in [-0.1, -0.05) is 29.8 Å². The van der Waals surface area contributed by atoms with Crippen molar-refractivity contribution in [3.8, 4) is 22.8 Å². The van der Waals surface area contributed by atoms with Gasteiger partial charge in [-0.05, 0) is 32.0 Å². The first-order valence-corrected chi connectivity index (χ1v) is 8.26. The highest BCUT2D eigenvalue weighted by Gasteiger charge is 2.07. The fraction of sp³-hybridized carbons (Fsp3) is 0.111. The number of hydrogen-bond acceptors (Lipinski definition) is 6. The third-order valence-corrected chi connectivity index (χ3v) is 4.29. The Labute approximate surface area is 144 Å². The van der Waals surface area contributed by atoms with E-state index in [1.54, 1.807) is 6.92 Å². The number of hydrogen-bond donors (Lipinski definition) is 3. The lowest BCUT2D eigenvalue weighted by Gasteiger charge is -2.05. The molecule has 3 rings (SSSR count). The lowest BCUT2D eigenvalue weighted by atomic mass is 10.1. The number of phenols is 2. The number of nitrogens with zero attached hydrogens (tertiary/aromatic N) is 2. The Morgan fingerprint density at radius 1 is 1.12 bits per heavy atom. The molecule has 1 aromatic heterocycles. The molecule has 0 unspecified atom stereocenters. The second-order valence-electron chi connectivity index (χ2n) is 5.41. The summed E-state index contributed by atoms with van der Waals surface area (Å²) in [6.45, 7) is 3.79. The molecule has 0 aliphatic carbocycles. The minimum absolute atomic E-state index is 0.0651. The summed E-state index contributed by atoms with van der Waals surface area (Å²) >= 11 is 1.45. The standard InChI is InChI=1S/C18H17N3O2S/c1-11-3-5-13(6-4-11)16-10-24-18(19-16)21-20-12(2)15-9-14(22)7-8-17(15)23/h3-10,22-23H,1-2H3,(H,19,21)/b20-12+. The van der Waals surface area contributed by atoms with Crippen molar-refractivity contribution >= 4 is 22.2 Å². The van der Waals surface area contributed by atoms with Gasteiger partial charge in [-0.15, -0.1) is 11.3 Å². The Morgan fingerprint density at radius 3 is 2.62 bits per heavy atom. The van der Waals surface area contributed by atoms with Gasteiger partial charge >= 0.3 is 0 Å². The lowest BCUT2D eigenvalue weighted by Crippen LogP contribution is -2.00. The summed E-state index contributed by atoms with van der Waals surface area (Å²) in [6.07, 6.45) is 0. The third-order valence-electron chi connectivity index (χ3n) is 3.54. The molecule has 0 aliphatic heterocycles. The number of aromatic hydroxyl groups is 2. The molecule has 5 nitrogen and oxygen atoms in total. The van der Waals surface area contributed by atoms with Gasteiger partial charge in [-0.3, -0.25) is 5.43 Å². The zero-order chi connectivity index (χ0) is 17.1. The second kappa shape index (κ2) is 6.72. The summed E-state index contributed by atoms with van der Waals surface area (Å²) in [4.78, 5) is 4.50. The van der Waals surface area contributed by atoms with E-state index < -0.39 is 0 Å². The molecular formula is C18H17N3O2S. The Balaban J connectivity index is 1.77. The maximum absolute atomic E-state index is 9.84. The maximum atomic E-state index is 9.84. The van der Waals surface area contributed by atoms with Crippen molar-refractivity contribution in [2.45, 2.75) is 13.8 Å². The van der Waals surface area contributed by atoms with Crippen molar-refractivity contribution < 1.29 is 10.2 Å². The normalized spacial score (nSPS) is 11.5. The predicted molar refractivity (Wildman–Crippen MR) is 97.9 cm³/mol. The van der Waals surface area contributed by atoms with E-state index in [2.05, 4.69) is 27.6 Å². The average Bonchev–Trinajstić information content (AvgIpc) is 3.04. The van der Waals surface area contributed by atoms with Crippen molar-refractivity contribution in [1.82, 2.24) is 4.98 Å². The van der Waals surface area contributed by atoms with Gasteiger partial charge in [-0.25, -0.2) is 4.98 Å². The van der Waals surface area contributed by atoms with Gasteiger partial charge in [0, 0.05) is 16.5 Å². The molecule has 2 aromatic carbocycles. The van der Waals surface area contributed by atoms with Crippen LogP contribution in [0.2, 0.25) is 0 Å². The quantitative estimate of drug-likeness (QED) is 0.375. The first-order chi connectivity index (χ1) is 11.5. The van der Waals surface area contributed by atoms with E-state index in [1.165, 1.54) is 35.1 Å². The topological polar surface area (TPSA) is 77.7 Å². The maximum Gasteiger partial charge on any atom is 0.203 e. The molecule has 0 saturated carbocycles. The monoisotopic (exact) mass is 339 g/mol. The van der Waals surface area contributed by atoms with Crippen molar-refractivity contribution in [3.63, 3.8) is 0 Å². The van der Waals surface area contributed by atoms with E-state index in [1.807, 2.05) is 24.4 Å². The van der Waals surface area contributed by atoms with Gasteiger partial charge in [-0.2, -0.15) is 5.10 Å². The summed E-state index contributed by atoms with van der Waals surface area (Å²) in [5.74, 6) is 0.142. The highest BCUT2D eigenvalue weighted by atomic mass is 32.1. The molecule has 0 fully saturated rings. The molecule has 0 amide bonds. The number of phenolic OH excluding ortho intramolecular Hbond substituents is 2. The number of aromatic nitrogens is 1. The number of benzene rings is 2. The van der Waals surface area contributed by atoms with Crippen LogP contribution in [0.4, 0.5) is 5.13 Å². The first kappa shape index (κ1) is 16.0. The molecule has 6 heteroatoms. The summed E-state index contributed by atoms with van der Waals surface area (Å²) in [7, 11) is 0. The zero-order valence-corrected chi connectivity index (χ0v) is 14.1. The molecule has 0 atom stereocenters. The van der Waals surface area contributed by atoms with Crippen LogP contribution in [0.3, 0.4) is 0 Å². The van der Waals surface area contributed by atoms with Crippen molar-refractivity contribution in [2.75, 3.05) is 5.43 Å². The van der Waals surface area contributed by atoms with Crippen LogP contribution in [0.15, 0.2) is 52.9 Å². The predicted octanol–water partition coefficient (Wildman–Crippen LogP) is 4.37. The van der Waals surface area contributed by atoms with E-state index in [0.717, 1.165) is 11.3 Å². The van der Waals surface area contributed by atoms with Gasteiger partial charge in [0.15, 0.2) is 0 Å². The number of anilines is 1. The SMILES string of the molecule is C/C(=N\Nc1nc(-c2ccc(C)cc2)cs1)c1cc(O)ccc1O. The number of nitrogens with one attached hydrogen (secondary N) is 1. The number of thiazole rings is 1. The minimum atomic E-state index is 0.0651. The van der Waals surface area contributed by atoms with Crippen LogP contribution >= 0.6 is 11.3 Å². The number of aryl methyl sites for hydroxylation is 1. The highest BCUT2D eigenvalue weighted by molar-refractivity contribution is 7.14. The van der Waals surface area contributed by atoms with Gasteiger partial charge < -0.3 is 10.2 Å². The molecular weight excluding hydrogens is 322 g/mol. The van der Waals surface area contributed by atoms with Crippen molar-refractivity contribution in [1.29, 1.82) is 0 Å². The van der Waals surface area contributed by atoms with Gasteiger partial charge in [0.05, 0.1) is 11.4 Å². The Morgan fingerprint density at radius 2 is 1.88 bits per heavy atom. The third kappa shape index (κ3) is 3.55. The lowest BCUT2D eigenvalue weighted by molar-refractivity contribution is 0.459. The smallest absolute Gasteiger partial charge is 0.203 e. The first-order valence-electron chi connectivity index (χ1n) is 7.38. The van der Waals surface area contributed by atoms with Crippen LogP contribution in [0.5, 0.6) is 11.5 Å². The fourth-order valence-electron chi connectivity index (χ4n) is 2.19. The van der Waals surface area contributed by atoms with Crippen molar-refractivity contribution in [2.24, 2.45) is 5.10 Å². The molecule has 24 heavy (non-hydrogen) atoms. The molecule has 0 radical (unpaired) electrons. The minimum Gasteiger partial charge on any atom is -0.508 e. The summed E-state index contributed by atoms with van der Waals surface area (Å²) in [5.41, 5.74) is 7.06. The van der Waals surface area contributed by atoms with Crippen LogP contribution < -0.4 is 5.43 Å². The molecule has 0 saturated heterocycles. The molecule has 3 N–H and O–H groups in total. The zero-order valence-electron chi connectivity index (χ0n) is 13.3. The van der Waals surface area contributed by atoms with Crippen LogP contribution in [0.1, 0.15) is 18.1 Å². The molecule has 122 valence electrons. The largest absolute Gasteiger partial charge is 0.508 e. The summed E-state index contributed by atoms with van der Waals surface area (Å²) in [6, 6.07) is 12.5. The number of hydrazone groups is 1. The van der Waals surface area contributed by atoms with Crippen LogP contribution in [0.25, 0.3) is 11.3 Å². The van der Waals surface area contributed by atoms with Crippen LogP contribution in [-0.4, -0.2) is 20.9 Å². The molecule has 0 aliphatic rings. The highest BCUT2D eigenvalue weighted by Crippen LogP contribution is 2.26. The second-order valence-corrected chi connectivity index (χ2v) is 6.27. The molecule has 0 bridgehead atoms. The molecule has 0 spiro atoms. The Kier molecular flexibility index (Phi) is 4.48. The Bertz CT molecular complexity index is 886. The van der Waals surface area contributed by atoms with E-state index in [9.17, 15) is 10.2 Å². The van der Waals surface area contributed by atoms with Gasteiger partial charge in [0.1, 0.15) is 11.5 Å². The summed E-state index contributed by atoms with van der Waals surface area (Å²) < 4.78 is 0. The van der Waals surface area contributed by atoms with Crippen LogP contribution in [0, 0.1) is 6.92 Å². The summed E-state index contributed by atoms with van der Waals surface area (Å²) in [5, 5.41) is 26.2. The average molecular weight is 339 g/mol. The van der Waals surface area contributed by atoms with Gasteiger partial charge in [0.2, 0.25) is 5.13 Å². The Hall–Kier alpha value is -2.86. The van der Waals surface area contributed by atoms with Crippen LogP contribution in [-0.2, 0) is 0 Å². The fourth-order valence-corrected chi connectivity index (χ4v) is 2.85. The molecule has 1 heterocycles. The number of rotatable bonds is 4. The molecule has 3 aromatic rings. The van der Waals surface area contributed by atoms with Crippen molar-refractivity contribution in [3.05, 3.63) is 59.0 Å². The van der Waals surface area contributed by atoms with E-state index >= 15 is 0 Å². The van der Waals surface area contributed by atoms with E-state index in [-0.39, 0.29) is 11.5 Å².